The van der Waals surface area contributed by atoms with Gasteiger partial charge in [0.05, 0.1) is 19.0 Å². The maximum Gasteiger partial charge on any atom is 0.320 e. The minimum absolute atomic E-state index is 0.0199. The average molecular weight is 432 g/mol. The topological polar surface area (TPSA) is 182 Å². The molecule has 5 N–H and O–H groups in total. The van der Waals surface area contributed by atoms with Crippen molar-refractivity contribution in [2.45, 2.75) is 58.9 Å². The fraction of sp³-hybridized carbons (Fsp3) is 0.737. The number of carboxylic acids is 4. The predicted molar refractivity (Wildman–Crippen MR) is 105 cm³/mol. The Labute approximate surface area is 175 Å². The molecule has 2 atom stereocenters. The van der Waals surface area contributed by atoms with Gasteiger partial charge in [-0.15, -0.1) is 0 Å². The van der Waals surface area contributed by atoms with Crippen molar-refractivity contribution >= 4 is 29.8 Å². The lowest BCUT2D eigenvalue weighted by atomic mass is 9.81. The third-order valence-electron chi connectivity index (χ3n) is 4.81. The van der Waals surface area contributed by atoms with E-state index in [1.54, 1.807) is 20.8 Å². The van der Waals surface area contributed by atoms with E-state index in [9.17, 15) is 29.1 Å². The van der Waals surface area contributed by atoms with Gasteiger partial charge in [0.25, 0.3) is 0 Å². The first-order chi connectivity index (χ1) is 13.8. The monoisotopic (exact) mass is 432 g/mol. The number of hydrogen-bond donors (Lipinski definition) is 5. The minimum atomic E-state index is -1.33. The van der Waals surface area contributed by atoms with Crippen molar-refractivity contribution in [3.05, 3.63) is 0 Å². The first-order valence-electron chi connectivity index (χ1n) is 9.73. The number of unbranched alkanes of at least 4 members (excludes halogenated alkanes) is 1. The number of carbonyl (C=O) groups excluding carboxylic acids is 1. The van der Waals surface area contributed by atoms with Crippen LogP contribution >= 0.6 is 0 Å². The average Bonchev–Trinajstić information content (AvgIpc) is 2.60. The number of nitrogens with one attached hydrogen (secondary N) is 1. The maximum absolute atomic E-state index is 12.4. The van der Waals surface area contributed by atoms with E-state index < -0.39 is 54.3 Å². The van der Waals surface area contributed by atoms with Crippen LogP contribution in [0.3, 0.4) is 0 Å². The normalized spacial score (nSPS) is 13.5. The Morgan fingerprint density at radius 3 is 1.83 bits per heavy atom. The van der Waals surface area contributed by atoms with Gasteiger partial charge in [-0.1, -0.05) is 20.8 Å². The molecule has 0 heterocycles. The standard InChI is InChI=1S/C19H32N2O9/c1-4-12(16(26)27)9-19(2,3)18(30)20-8-6-5-7-13(17(28)29)21(10-14(22)23)11-15(24)25/h12-13H,4-11H2,1-3H3,(H,20,30)(H,22,23)(H,24,25)(H,26,27)(H,28,29). The molecule has 0 radical (unpaired) electrons. The molecule has 0 spiro atoms. The highest BCUT2D eigenvalue weighted by Gasteiger charge is 2.33. The molecule has 0 saturated heterocycles. The zero-order chi connectivity index (χ0) is 23.5. The van der Waals surface area contributed by atoms with Gasteiger partial charge in [-0.05, 0) is 32.1 Å². The summed E-state index contributed by atoms with van der Waals surface area (Å²) >= 11 is 0. The van der Waals surface area contributed by atoms with Gasteiger partial charge >= 0.3 is 23.9 Å². The van der Waals surface area contributed by atoms with Crippen LogP contribution in [0, 0.1) is 11.3 Å². The molecule has 172 valence electrons. The van der Waals surface area contributed by atoms with E-state index in [0.29, 0.717) is 19.3 Å². The second kappa shape index (κ2) is 12.8. The van der Waals surface area contributed by atoms with E-state index in [1.807, 2.05) is 0 Å². The second-order valence-corrected chi connectivity index (χ2v) is 7.83. The summed E-state index contributed by atoms with van der Waals surface area (Å²) in [6, 6.07) is -1.27. The van der Waals surface area contributed by atoms with Crippen molar-refractivity contribution in [2.24, 2.45) is 11.3 Å². The molecule has 11 heteroatoms. The summed E-state index contributed by atoms with van der Waals surface area (Å²) in [4.78, 5) is 57.6. The Balaban J connectivity index is 4.66. The lowest BCUT2D eigenvalue weighted by Crippen LogP contribution is -2.46. The van der Waals surface area contributed by atoms with Crippen LogP contribution in [-0.2, 0) is 24.0 Å². The van der Waals surface area contributed by atoms with Crippen molar-refractivity contribution in [2.75, 3.05) is 19.6 Å². The lowest BCUT2D eigenvalue weighted by molar-refractivity contribution is -0.150. The summed E-state index contributed by atoms with van der Waals surface area (Å²) < 4.78 is 0. The van der Waals surface area contributed by atoms with Gasteiger partial charge in [-0.3, -0.25) is 28.9 Å². The number of aliphatic carboxylic acids is 4. The van der Waals surface area contributed by atoms with E-state index in [2.05, 4.69) is 5.32 Å². The summed E-state index contributed by atoms with van der Waals surface area (Å²) in [5.41, 5.74) is -0.886. The highest BCUT2D eigenvalue weighted by atomic mass is 16.4. The van der Waals surface area contributed by atoms with Gasteiger partial charge in [-0.25, -0.2) is 0 Å². The Hall–Kier alpha value is -2.69. The van der Waals surface area contributed by atoms with Gasteiger partial charge in [-0.2, -0.15) is 0 Å². The van der Waals surface area contributed by atoms with Crippen LogP contribution in [0.4, 0.5) is 0 Å². The molecule has 0 fully saturated rings. The van der Waals surface area contributed by atoms with Gasteiger partial charge < -0.3 is 25.7 Å². The Morgan fingerprint density at radius 1 is 0.900 bits per heavy atom. The molecule has 0 aliphatic heterocycles. The van der Waals surface area contributed by atoms with Crippen molar-refractivity contribution in [3.63, 3.8) is 0 Å². The van der Waals surface area contributed by atoms with Crippen molar-refractivity contribution in [1.29, 1.82) is 0 Å². The molecule has 0 aliphatic rings. The number of nitrogens with zero attached hydrogens (tertiary/aromatic N) is 1. The molecule has 0 saturated carbocycles. The quantitative estimate of drug-likeness (QED) is 0.218. The van der Waals surface area contributed by atoms with Crippen LogP contribution in [-0.4, -0.2) is 80.8 Å². The van der Waals surface area contributed by atoms with Crippen LogP contribution in [0.5, 0.6) is 0 Å². The molecule has 0 aromatic carbocycles. The van der Waals surface area contributed by atoms with Crippen LogP contribution < -0.4 is 5.32 Å². The summed E-state index contributed by atoms with van der Waals surface area (Å²) in [7, 11) is 0. The maximum atomic E-state index is 12.4. The van der Waals surface area contributed by atoms with Crippen molar-refractivity contribution < 1.29 is 44.4 Å². The molecule has 0 aromatic heterocycles. The Bertz CT molecular complexity index is 617. The Morgan fingerprint density at radius 2 is 1.43 bits per heavy atom. The fourth-order valence-electron chi connectivity index (χ4n) is 3.10. The third-order valence-corrected chi connectivity index (χ3v) is 4.81. The van der Waals surface area contributed by atoms with E-state index in [1.165, 1.54) is 0 Å². The van der Waals surface area contributed by atoms with E-state index in [0.717, 1.165) is 4.90 Å². The second-order valence-electron chi connectivity index (χ2n) is 7.83. The summed E-state index contributed by atoms with van der Waals surface area (Å²) in [6.07, 6.45) is 1.33. The summed E-state index contributed by atoms with van der Waals surface area (Å²) in [6.45, 7) is 3.86. The molecule has 0 aromatic rings. The van der Waals surface area contributed by atoms with Crippen LogP contribution in [0.25, 0.3) is 0 Å². The van der Waals surface area contributed by atoms with Crippen molar-refractivity contribution in [1.82, 2.24) is 10.2 Å². The number of amides is 1. The first kappa shape index (κ1) is 27.3. The highest BCUT2D eigenvalue weighted by molar-refractivity contribution is 5.82. The fourth-order valence-corrected chi connectivity index (χ4v) is 3.10. The number of hydrogen-bond acceptors (Lipinski definition) is 6. The minimum Gasteiger partial charge on any atom is -0.481 e. The first-order valence-corrected chi connectivity index (χ1v) is 9.73. The molecule has 1 amide bonds. The zero-order valence-corrected chi connectivity index (χ0v) is 17.6. The van der Waals surface area contributed by atoms with E-state index in [-0.39, 0.29) is 25.3 Å². The molecular weight excluding hydrogens is 400 g/mol. The third kappa shape index (κ3) is 10.2. The zero-order valence-electron chi connectivity index (χ0n) is 17.6. The van der Waals surface area contributed by atoms with E-state index >= 15 is 0 Å². The SMILES string of the molecule is CCC(CC(C)(C)C(=O)NCCCCC(C(=O)O)N(CC(=O)O)CC(=O)O)C(=O)O. The molecule has 0 aliphatic carbocycles. The van der Waals surface area contributed by atoms with Gasteiger partial charge in [0, 0.05) is 12.0 Å². The summed E-state index contributed by atoms with van der Waals surface area (Å²) in [5, 5.41) is 38.9. The highest BCUT2D eigenvalue weighted by Crippen LogP contribution is 2.27. The van der Waals surface area contributed by atoms with Gasteiger partial charge in [0.2, 0.25) is 5.91 Å². The largest absolute Gasteiger partial charge is 0.481 e. The smallest absolute Gasteiger partial charge is 0.320 e. The summed E-state index contributed by atoms with van der Waals surface area (Å²) in [5.74, 6) is -5.87. The molecule has 2 unspecified atom stereocenters. The molecular formula is C19H32N2O9. The number of rotatable bonds is 16. The van der Waals surface area contributed by atoms with E-state index in [4.69, 9.17) is 15.3 Å². The van der Waals surface area contributed by atoms with Crippen LogP contribution in [0.1, 0.15) is 52.9 Å². The molecule has 11 nitrogen and oxygen atoms in total. The van der Waals surface area contributed by atoms with Crippen LogP contribution in [0.2, 0.25) is 0 Å². The lowest BCUT2D eigenvalue weighted by Gasteiger charge is -2.27. The van der Waals surface area contributed by atoms with Crippen LogP contribution in [0.15, 0.2) is 0 Å². The Kier molecular flexibility index (Phi) is 11.6. The predicted octanol–water partition coefficient (Wildman–Crippen LogP) is 0.724. The van der Waals surface area contributed by atoms with Gasteiger partial charge in [0.1, 0.15) is 6.04 Å². The number of carboxylic acid groups (broad SMARTS) is 4. The molecule has 0 bridgehead atoms. The number of carbonyl (C=O) groups is 5. The molecule has 0 rings (SSSR count). The van der Waals surface area contributed by atoms with Crippen molar-refractivity contribution in [3.8, 4) is 0 Å². The molecule has 30 heavy (non-hydrogen) atoms. The van der Waals surface area contributed by atoms with Gasteiger partial charge in [0.15, 0.2) is 0 Å².